The average molecular weight is 429 g/mol. The largest absolute Gasteiger partial charge is 2.00 e. The fourth-order valence-corrected chi connectivity index (χ4v) is 2.97. The van der Waals surface area contributed by atoms with Gasteiger partial charge in [0, 0.05) is 0 Å². The molecule has 3 aliphatic rings. The minimum Gasteiger partial charge on any atom is -0.741 e. The maximum atomic E-state index is 10.7. The second kappa shape index (κ2) is 8.35. The quantitative estimate of drug-likeness (QED) is 0.195. The first-order valence-electron chi connectivity index (χ1n) is 6.39. The standard InChI is InChI=1S/C10H12.C3H5.CHF3O3S.Pd/c1-2-9-7-4-5-8(6-7)10(9)3-1;1-3-2;2-1(3,4)8(5,6)7;/h1-2,4-5,7-10H,3,6H2;3H,1-2H2;(H,5,6,7);/q;-1;;+2/p-1. The third kappa shape index (κ3) is 5.27. The Hall–Kier alpha value is -0.548. The zero-order valence-corrected chi connectivity index (χ0v) is 14.0. The van der Waals surface area contributed by atoms with Crippen LogP contribution in [0.4, 0.5) is 13.2 Å². The van der Waals surface area contributed by atoms with Crippen molar-refractivity contribution in [3.05, 3.63) is 43.9 Å². The van der Waals surface area contributed by atoms with E-state index < -0.39 is 15.6 Å². The molecule has 0 N–H and O–H groups in total. The first-order valence-corrected chi connectivity index (χ1v) is 7.80. The first-order chi connectivity index (χ1) is 9.61. The summed E-state index contributed by atoms with van der Waals surface area (Å²) in [5, 5.41) is 0. The van der Waals surface area contributed by atoms with Crippen LogP contribution in [0.2, 0.25) is 0 Å². The Kier molecular flexibility index (Phi) is 8.14. The van der Waals surface area contributed by atoms with Gasteiger partial charge in [-0.2, -0.15) is 13.2 Å². The van der Waals surface area contributed by atoms with Crippen LogP contribution in [-0.4, -0.2) is 18.5 Å². The molecule has 3 aliphatic carbocycles. The maximum absolute atomic E-state index is 10.7. The summed E-state index contributed by atoms with van der Waals surface area (Å²) in [7, 11) is -6.09. The number of hydrogen-bond acceptors (Lipinski definition) is 3. The van der Waals surface area contributed by atoms with Crippen LogP contribution in [0, 0.1) is 30.6 Å². The van der Waals surface area contributed by atoms with Crippen molar-refractivity contribution in [1.29, 1.82) is 0 Å². The molecule has 8 heteroatoms. The van der Waals surface area contributed by atoms with Gasteiger partial charge in [-0.25, -0.2) is 28.0 Å². The summed E-state index contributed by atoms with van der Waals surface area (Å²) in [5.41, 5.74) is -5.65. The molecule has 0 aliphatic heterocycles. The van der Waals surface area contributed by atoms with E-state index in [-0.39, 0.29) is 20.4 Å². The summed E-state index contributed by atoms with van der Waals surface area (Å²) in [6.45, 7) is 6.50. The molecule has 22 heavy (non-hydrogen) atoms. The van der Waals surface area contributed by atoms with Crippen LogP contribution < -0.4 is 0 Å². The third-order valence-electron chi connectivity index (χ3n) is 3.74. The van der Waals surface area contributed by atoms with Gasteiger partial charge in [-0.05, 0) is 36.5 Å². The maximum Gasteiger partial charge on any atom is 2.00 e. The molecule has 128 valence electrons. The van der Waals surface area contributed by atoms with Crippen LogP contribution in [0.25, 0.3) is 0 Å². The zero-order valence-electron chi connectivity index (χ0n) is 11.6. The molecule has 0 aromatic heterocycles. The SMILES string of the molecule is C1=CC2C3C=CC(C3)C2C1.C=C[CH2-].O=S(=O)([O-])C(F)(F)F.[Pd+2]. The van der Waals surface area contributed by atoms with Crippen LogP contribution in [0.5, 0.6) is 0 Å². The molecule has 0 saturated heterocycles. The van der Waals surface area contributed by atoms with E-state index in [2.05, 4.69) is 37.8 Å². The fraction of sp³-hybridized carbons (Fsp3) is 0.500. The van der Waals surface area contributed by atoms with E-state index >= 15 is 0 Å². The van der Waals surface area contributed by atoms with E-state index in [1.54, 1.807) is 0 Å². The molecule has 1 fully saturated rings. The van der Waals surface area contributed by atoms with Crippen molar-refractivity contribution < 1.29 is 46.6 Å². The summed E-state index contributed by atoms with van der Waals surface area (Å²) in [6, 6.07) is 0. The van der Waals surface area contributed by atoms with Gasteiger partial charge in [0.15, 0.2) is 10.1 Å². The van der Waals surface area contributed by atoms with Gasteiger partial charge in [-0.1, -0.05) is 24.3 Å². The monoisotopic (exact) mass is 428 g/mol. The number of alkyl halides is 3. The minimum atomic E-state index is -6.09. The third-order valence-corrected chi connectivity index (χ3v) is 4.31. The van der Waals surface area contributed by atoms with Gasteiger partial charge >= 0.3 is 25.9 Å². The van der Waals surface area contributed by atoms with Gasteiger partial charge in [0.1, 0.15) is 0 Å². The van der Waals surface area contributed by atoms with Gasteiger partial charge < -0.3 is 4.55 Å². The van der Waals surface area contributed by atoms with Gasteiger partial charge in [0.25, 0.3) is 0 Å². The van der Waals surface area contributed by atoms with Crippen molar-refractivity contribution in [2.24, 2.45) is 23.7 Å². The van der Waals surface area contributed by atoms with Crippen molar-refractivity contribution in [2.75, 3.05) is 0 Å². The number of rotatable bonds is 0. The van der Waals surface area contributed by atoms with Gasteiger partial charge in [0.2, 0.25) is 0 Å². The molecule has 1 saturated carbocycles. The van der Waals surface area contributed by atoms with Crippen molar-refractivity contribution >= 4 is 10.1 Å². The summed E-state index contributed by atoms with van der Waals surface area (Å²) < 4.78 is 58.9. The second-order valence-electron chi connectivity index (χ2n) is 5.04. The number of hydrogen-bond donors (Lipinski definition) is 0. The molecule has 0 heterocycles. The Bertz CT molecular complexity index is 526. The Morgan fingerprint density at radius 3 is 2.09 bits per heavy atom. The molecule has 3 rings (SSSR count). The topological polar surface area (TPSA) is 57.2 Å². The first kappa shape index (κ1) is 21.5. The smallest absolute Gasteiger partial charge is 0.741 e. The molecule has 0 amide bonds. The predicted molar refractivity (Wildman–Crippen MR) is 72.8 cm³/mol. The molecule has 0 spiro atoms. The molecule has 2 bridgehead atoms. The number of halogens is 3. The van der Waals surface area contributed by atoms with Crippen molar-refractivity contribution in [1.82, 2.24) is 0 Å². The normalized spacial score (nSPS) is 30.4. The van der Waals surface area contributed by atoms with Crippen molar-refractivity contribution in [3.8, 4) is 0 Å². The minimum absolute atomic E-state index is 0. The number of fused-ring (bicyclic) bond motifs is 5. The Morgan fingerprint density at radius 2 is 1.68 bits per heavy atom. The van der Waals surface area contributed by atoms with E-state index in [1.165, 1.54) is 18.9 Å². The van der Waals surface area contributed by atoms with Crippen molar-refractivity contribution in [3.63, 3.8) is 0 Å². The molecule has 0 radical (unpaired) electrons. The van der Waals surface area contributed by atoms with Crippen LogP contribution in [0.15, 0.2) is 37.0 Å². The summed E-state index contributed by atoms with van der Waals surface area (Å²) in [5.74, 6) is 3.82. The molecule has 4 atom stereocenters. The van der Waals surface area contributed by atoms with Crippen LogP contribution in [0.1, 0.15) is 12.8 Å². The summed E-state index contributed by atoms with van der Waals surface area (Å²) >= 11 is 0. The average Bonchev–Trinajstić information content (AvgIpc) is 3.03. The van der Waals surface area contributed by atoms with Crippen LogP contribution in [-0.2, 0) is 30.5 Å². The van der Waals surface area contributed by atoms with E-state index in [1.807, 2.05) is 0 Å². The molecule has 4 unspecified atom stereocenters. The number of allylic oxidation sites excluding steroid dienone is 5. The van der Waals surface area contributed by atoms with E-state index in [0.29, 0.717) is 0 Å². The molecule has 3 nitrogen and oxygen atoms in total. The van der Waals surface area contributed by atoms with Crippen LogP contribution in [0.3, 0.4) is 0 Å². The van der Waals surface area contributed by atoms with E-state index in [4.69, 9.17) is 13.0 Å². The van der Waals surface area contributed by atoms with Gasteiger partial charge in [-0.3, -0.25) is 0 Å². The Balaban J connectivity index is 0.000000337. The Morgan fingerprint density at radius 1 is 1.23 bits per heavy atom. The summed E-state index contributed by atoms with van der Waals surface area (Å²) in [6.07, 6.45) is 14.0. The predicted octanol–water partition coefficient (Wildman–Crippen LogP) is 3.44. The Labute approximate surface area is 142 Å². The van der Waals surface area contributed by atoms with E-state index in [9.17, 15) is 13.2 Å². The van der Waals surface area contributed by atoms with E-state index in [0.717, 1.165) is 23.7 Å². The van der Waals surface area contributed by atoms with Gasteiger partial charge in [0.05, 0.1) is 0 Å². The summed E-state index contributed by atoms with van der Waals surface area (Å²) in [4.78, 5) is 0. The van der Waals surface area contributed by atoms with Crippen molar-refractivity contribution in [2.45, 2.75) is 18.3 Å². The fourth-order valence-electron chi connectivity index (χ4n) is 2.97. The second-order valence-corrected chi connectivity index (χ2v) is 6.41. The molecular weight excluding hydrogens is 412 g/mol. The molecule has 0 aromatic rings. The van der Waals surface area contributed by atoms with Gasteiger partial charge in [-0.15, -0.1) is 0 Å². The molecule has 0 aromatic carbocycles. The zero-order chi connectivity index (χ0) is 16.3. The van der Waals surface area contributed by atoms with Crippen LogP contribution >= 0.6 is 0 Å². The molecular formula is C14H17F3O3PdS.